The predicted octanol–water partition coefficient (Wildman–Crippen LogP) is 2.76. The molecule has 0 unspecified atom stereocenters. The Morgan fingerprint density at radius 1 is 1.27 bits per heavy atom. The van der Waals surface area contributed by atoms with Crippen molar-refractivity contribution in [2.24, 2.45) is 0 Å². The van der Waals surface area contributed by atoms with Crippen molar-refractivity contribution in [1.82, 2.24) is 24.6 Å². The molecule has 1 aliphatic heterocycles. The first-order chi connectivity index (χ1) is 10.7. The average Bonchev–Trinajstić information content (AvgIpc) is 2.96. The van der Waals surface area contributed by atoms with Crippen LogP contribution in [0.4, 0.5) is 0 Å². The van der Waals surface area contributed by atoms with Gasteiger partial charge in [0.2, 0.25) is 0 Å². The fourth-order valence-corrected chi connectivity index (χ4v) is 2.89. The van der Waals surface area contributed by atoms with Gasteiger partial charge in [0.15, 0.2) is 0 Å². The number of aromatic nitrogens is 4. The van der Waals surface area contributed by atoms with Gasteiger partial charge in [-0.3, -0.25) is 9.58 Å². The summed E-state index contributed by atoms with van der Waals surface area (Å²) in [4.78, 5) is 11.7. The smallest absolute Gasteiger partial charge is 0.128 e. The molecule has 0 radical (unpaired) electrons. The predicted molar refractivity (Wildman–Crippen MR) is 86.5 cm³/mol. The summed E-state index contributed by atoms with van der Waals surface area (Å²) in [5.41, 5.74) is 3.80. The lowest BCUT2D eigenvalue weighted by atomic mass is 10.1. The first-order valence-electron chi connectivity index (χ1n) is 8.24. The molecule has 0 amide bonds. The zero-order chi connectivity index (χ0) is 15.5. The molecule has 0 saturated heterocycles. The third-order valence-corrected chi connectivity index (χ3v) is 4.13. The summed E-state index contributed by atoms with van der Waals surface area (Å²) in [6, 6.07) is 0.418. The highest BCUT2D eigenvalue weighted by Crippen LogP contribution is 2.19. The van der Waals surface area contributed by atoms with E-state index in [0.717, 1.165) is 44.7 Å². The zero-order valence-corrected chi connectivity index (χ0v) is 13.8. The highest BCUT2D eigenvalue weighted by atomic mass is 15.3. The molecule has 1 aliphatic rings. The first-order valence-corrected chi connectivity index (χ1v) is 8.24. The molecule has 0 aromatic carbocycles. The number of hydrogen-bond acceptors (Lipinski definition) is 4. The summed E-state index contributed by atoms with van der Waals surface area (Å²) < 4.78 is 2.02. The molecule has 0 N–H and O–H groups in total. The van der Waals surface area contributed by atoms with Crippen LogP contribution in [0, 0.1) is 0 Å². The van der Waals surface area contributed by atoms with Crippen LogP contribution in [0.5, 0.6) is 0 Å². The minimum Gasteiger partial charge on any atom is -0.294 e. The number of aryl methyl sites for hydroxylation is 1. The van der Waals surface area contributed by atoms with Gasteiger partial charge in [0.05, 0.1) is 6.20 Å². The highest BCUT2D eigenvalue weighted by Gasteiger charge is 2.19. The Morgan fingerprint density at radius 3 is 2.86 bits per heavy atom. The van der Waals surface area contributed by atoms with Crippen molar-refractivity contribution in [3.63, 3.8) is 0 Å². The van der Waals surface area contributed by atoms with Crippen LogP contribution in [-0.2, 0) is 25.9 Å². The Kier molecular flexibility index (Phi) is 4.52. The molecule has 0 bridgehead atoms. The molecule has 3 rings (SSSR count). The third kappa shape index (κ3) is 3.35. The largest absolute Gasteiger partial charge is 0.294 e. The number of nitrogens with zero attached hydrogens (tertiary/aromatic N) is 5. The third-order valence-electron chi connectivity index (χ3n) is 4.13. The summed E-state index contributed by atoms with van der Waals surface area (Å²) >= 11 is 0. The molecule has 2 aromatic rings. The van der Waals surface area contributed by atoms with Crippen LogP contribution in [0.25, 0.3) is 0 Å². The molecule has 0 spiro atoms. The molecule has 2 aromatic heterocycles. The van der Waals surface area contributed by atoms with Gasteiger partial charge in [-0.05, 0) is 20.3 Å². The van der Waals surface area contributed by atoms with Gasteiger partial charge in [-0.2, -0.15) is 5.10 Å². The molecule has 5 heteroatoms. The van der Waals surface area contributed by atoms with Gasteiger partial charge in [0.25, 0.3) is 0 Å². The van der Waals surface area contributed by atoms with Gasteiger partial charge in [0.1, 0.15) is 5.82 Å². The summed E-state index contributed by atoms with van der Waals surface area (Å²) in [6.07, 6.45) is 9.26. The molecule has 0 saturated carbocycles. The molecule has 0 atom stereocenters. The Bertz CT molecular complexity index is 632. The topological polar surface area (TPSA) is 46.8 Å². The Balaban J connectivity index is 1.66. The van der Waals surface area contributed by atoms with Crippen molar-refractivity contribution >= 4 is 0 Å². The number of hydrogen-bond donors (Lipinski definition) is 0. The van der Waals surface area contributed by atoms with Gasteiger partial charge in [-0.1, -0.05) is 6.92 Å². The van der Waals surface area contributed by atoms with Crippen LogP contribution in [0.15, 0.2) is 18.6 Å². The van der Waals surface area contributed by atoms with Gasteiger partial charge < -0.3 is 0 Å². The molecule has 5 nitrogen and oxygen atoms in total. The second-order valence-corrected chi connectivity index (χ2v) is 6.39. The molecular formula is C17H25N5. The van der Waals surface area contributed by atoms with Crippen molar-refractivity contribution in [3.05, 3.63) is 41.2 Å². The van der Waals surface area contributed by atoms with E-state index in [1.165, 1.54) is 16.8 Å². The van der Waals surface area contributed by atoms with Crippen LogP contribution >= 0.6 is 0 Å². The summed E-state index contributed by atoms with van der Waals surface area (Å²) in [6.45, 7) is 9.42. The minimum absolute atomic E-state index is 0.418. The Labute approximate surface area is 132 Å². The monoisotopic (exact) mass is 299 g/mol. The summed E-state index contributed by atoms with van der Waals surface area (Å²) in [5.74, 6) is 0.993. The van der Waals surface area contributed by atoms with E-state index in [9.17, 15) is 0 Å². The lowest BCUT2D eigenvalue weighted by Crippen LogP contribution is -2.31. The van der Waals surface area contributed by atoms with Gasteiger partial charge in [-0.15, -0.1) is 0 Å². The lowest BCUT2D eigenvalue weighted by molar-refractivity contribution is 0.242. The second-order valence-electron chi connectivity index (χ2n) is 6.39. The van der Waals surface area contributed by atoms with E-state index in [1.54, 1.807) is 0 Å². The quantitative estimate of drug-likeness (QED) is 0.851. The molecule has 118 valence electrons. The average molecular weight is 299 g/mol. The zero-order valence-electron chi connectivity index (χ0n) is 13.8. The molecular weight excluding hydrogens is 274 g/mol. The van der Waals surface area contributed by atoms with Crippen LogP contribution in [0.2, 0.25) is 0 Å². The van der Waals surface area contributed by atoms with Crippen molar-refractivity contribution in [1.29, 1.82) is 0 Å². The van der Waals surface area contributed by atoms with E-state index in [1.807, 2.05) is 17.1 Å². The van der Waals surface area contributed by atoms with Gasteiger partial charge in [-0.25, -0.2) is 9.97 Å². The van der Waals surface area contributed by atoms with Crippen molar-refractivity contribution < 1.29 is 0 Å². The maximum absolute atomic E-state index is 4.72. The normalized spacial score (nSPS) is 15.3. The lowest BCUT2D eigenvalue weighted by Gasteiger charge is -2.27. The number of fused-ring (bicyclic) bond motifs is 1. The molecule has 22 heavy (non-hydrogen) atoms. The van der Waals surface area contributed by atoms with Crippen molar-refractivity contribution in [2.45, 2.75) is 59.2 Å². The Morgan fingerprint density at radius 2 is 2.14 bits per heavy atom. The van der Waals surface area contributed by atoms with Crippen molar-refractivity contribution in [2.75, 3.05) is 6.54 Å². The van der Waals surface area contributed by atoms with Crippen LogP contribution in [-0.4, -0.2) is 31.2 Å². The highest BCUT2D eigenvalue weighted by molar-refractivity contribution is 5.21. The van der Waals surface area contributed by atoms with Gasteiger partial charge >= 0.3 is 0 Å². The second kappa shape index (κ2) is 6.57. The summed E-state index contributed by atoms with van der Waals surface area (Å²) in [7, 11) is 0. The van der Waals surface area contributed by atoms with E-state index in [2.05, 4.69) is 42.0 Å². The molecule has 0 fully saturated rings. The standard InChI is InChI=1S/C17H25N5/c1-4-5-17-18-9-15-12-21(7-6-16(15)20-17)10-14-8-19-22(11-14)13(2)3/h8-9,11,13H,4-7,10,12H2,1-3H3. The SMILES string of the molecule is CCCc1ncc2c(n1)CCN(Cc1cnn(C(C)C)c1)C2. The van der Waals surface area contributed by atoms with Crippen LogP contribution in [0.3, 0.4) is 0 Å². The van der Waals surface area contributed by atoms with E-state index in [4.69, 9.17) is 4.98 Å². The minimum atomic E-state index is 0.418. The number of rotatable bonds is 5. The van der Waals surface area contributed by atoms with Gasteiger partial charge in [0, 0.05) is 67.7 Å². The first kappa shape index (κ1) is 15.2. The Hall–Kier alpha value is -1.75. The molecule has 0 aliphatic carbocycles. The van der Waals surface area contributed by atoms with E-state index >= 15 is 0 Å². The maximum Gasteiger partial charge on any atom is 0.128 e. The van der Waals surface area contributed by atoms with E-state index in [-0.39, 0.29) is 0 Å². The summed E-state index contributed by atoms with van der Waals surface area (Å²) in [5, 5.41) is 4.42. The van der Waals surface area contributed by atoms with E-state index in [0.29, 0.717) is 6.04 Å². The van der Waals surface area contributed by atoms with Crippen LogP contribution in [0.1, 0.15) is 55.9 Å². The van der Waals surface area contributed by atoms with Crippen LogP contribution < -0.4 is 0 Å². The molecule has 3 heterocycles. The van der Waals surface area contributed by atoms with E-state index < -0.39 is 0 Å². The fourth-order valence-electron chi connectivity index (χ4n) is 2.89. The maximum atomic E-state index is 4.72. The van der Waals surface area contributed by atoms with Crippen molar-refractivity contribution in [3.8, 4) is 0 Å². The fraction of sp³-hybridized carbons (Fsp3) is 0.588.